The first-order valence-electron chi connectivity index (χ1n) is 7.77. The van der Waals surface area contributed by atoms with E-state index in [1.807, 2.05) is 0 Å². The summed E-state index contributed by atoms with van der Waals surface area (Å²) in [6, 6.07) is 0. The molecular formula is C20H30. The van der Waals surface area contributed by atoms with Crippen LogP contribution >= 0.6 is 0 Å². The van der Waals surface area contributed by atoms with Gasteiger partial charge >= 0.3 is 0 Å². The molecule has 0 aromatic carbocycles. The molecule has 0 radical (unpaired) electrons. The highest BCUT2D eigenvalue weighted by Crippen LogP contribution is 2.40. The molecular weight excluding hydrogens is 240 g/mol. The maximum Gasteiger partial charge on any atom is -0.00981 e. The van der Waals surface area contributed by atoms with Crippen LogP contribution in [0, 0.1) is 5.41 Å². The van der Waals surface area contributed by atoms with Gasteiger partial charge in [0.15, 0.2) is 0 Å². The molecule has 0 heteroatoms. The van der Waals surface area contributed by atoms with Crippen LogP contribution in [0.25, 0.3) is 0 Å². The second kappa shape index (κ2) is 7.47. The number of hydrogen-bond acceptors (Lipinski definition) is 0. The lowest BCUT2D eigenvalue weighted by Gasteiger charge is -2.32. The largest absolute Gasteiger partial charge is 0.0813 e. The van der Waals surface area contributed by atoms with E-state index in [2.05, 4.69) is 78.0 Å². The van der Waals surface area contributed by atoms with E-state index in [1.54, 1.807) is 0 Å². The van der Waals surface area contributed by atoms with Crippen molar-refractivity contribution in [2.45, 2.75) is 60.8 Å². The molecule has 0 amide bonds. The highest BCUT2D eigenvalue weighted by atomic mass is 14.3. The number of rotatable bonds is 4. The van der Waals surface area contributed by atoms with Crippen molar-refractivity contribution in [3.05, 3.63) is 58.7 Å². The van der Waals surface area contributed by atoms with Crippen molar-refractivity contribution in [2.75, 3.05) is 0 Å². The van der Waals surface area contributed by atoms with Crippen molar-refractivity contribution >= 4 is 0 Å². The van der Waals surface area contributed by atoms with Gasteiger partial charge in [-0.25, -0.2) is 0 Å². The molecule has 0 aromatic rings. The van der Waals surface area contributed by atoms with Gasteiger partial charge in [-0.1, -0.05) is 73.9 Å². The monoisotopic (exact) mass is 270 g/mol. The van der Waals surface area contributed by atoms with Crippen LogP contribution in [-0.4, -0.2) is 0 Å². The van der Waals surface area contributed by atoms with E-state index in [0.717, 1.165) is 6.42 Å². The molecule has 0 fully saturated rings. The highest BCUT2D eigenvalue weighted by Gasteiger charge is 2.26. The predicted octanol–water partition coefficient (Wildman–Crippen LogP) is 6.54. The van der Waals surface area contributed by atoms with Crippen LogP contribution in [0.5, 0.6) is 0 Å². The molecule has 0 heterocycles. The fourth-order valence-corrected chi connectivity index (χ4v) is 2.54. The summed E-state index contributed by atoms with van der Waals surface area (Å²) >= 11 is 0. The predicted molar refractivity (Wildman–Crippen MR) is 91.8 cm³/mol. The zero-order valence-electron chi connectivity index (χ0n) is 14.1. The van der Waals surface area contributed by atoms with Crippen molar-refractivity contribution in [3.63, 3.8) is 0 Å². The fourth-order valence-electron chi connectivity index (χ4n) is 2.54. The van der Waals surface area contributed by atoms with Gasteiger partial charge in [-0.15, -0.1) is 0 Å². The summed E-state index contributed by atoms with van der Waals surface area (Å²) in [7, 11) is 0. The van der Waals surface area contributed by atoms with Gasteiger partial charge in [-0.2, -0.15) is 0 Å². The molecule has 0 aromatic heterocycles. The Kier molecular flexibility index (Phi) is 6.26. The molecule has 20 heavy (non-hydrogen) atoms. The topological polar surface area (TPSA) is 0 Å². The van der Waals surface area contributed by atoms with E-state index >= 15 is 0 Å². The second-order valence-electron chi connectivity index (χ2n) is 6.53. The van der Waals surface area contributed by atoms with Gasteiger partial charge in [0.1, 0.15) is 0 Å². The Morgan fingerprint density at radius 1 is 1.25 bits per heavy atom. The molecule has 0 aliphatic heterocycles. The molecule has 0 saturated heterocycles. The van der Waals surface area contributed by atoms with E-state index < -0.39 is 0 Å². The van der Waals surface area contributed by atoms with Gasteiger partial charge in [0.25, 0.3) is 0 Å². The minimum Gasteiger partial charge on any atom is -0.0813 e. The van der Waals surface area contributed by atoms with E-state index in [9.17, 15) is 0 Å². The van der Waals surface area contributed by atoms with Crippen LogP contribution < -0.4 is 0 Å². The lowest BCUT2D eigenvalue weighted by Crippen LogP contribution is -2.18. The van der Waals surface area contributed by atoms with Gasteiger partial charge in [0, 0.05) is 0 Å². The van der Waals surface area contributed by atoms with Crippen LogP contribution in [0.2, 0.25) is 0 Å². The summed E-state index contributed by atoms with van der Waals surface area (Å²) in [6.07, 6.45) is 17.0. The summed E-state index contributed by atoms with van der Waals surface area (Å²) in [5, 5.41) is 0. The Labute approximate surface area is 125 Å². The summed E-state index contributed by atoms with van der Waals surface area (Å²) in [5.41, 5.74) is 5.94. The van der Waals surface area contributed by atoms with Crippen LogP contribution in [0.15, 0.2) is 58.7 Å². The first-order chi connectivity index (χ1) is 9.36. The van der Waals surface area contributed by atoms with Crippen molar-refractivity contribution in [1.82, 2.24) is 0 Å². The molecule has 110 valence electrons. The third-order valence-electron chi connectivity index (χ3n) is 4.18. The van der Waals surface area contributed by atoms with Crippen molar-refractivity contribution in [2.24, 2.45) is 5.41 Å². The van der Waals surface area contributed by atoms with Crippen molar-refractivity contribution < 1.29 is 0 Å². The van der Waals surface area contributed by atoms with Gasteiger partial charge in [-0.05, 0) is 51.0 Å². The Morgan fingerprint density at radius 3 is 2.55 bits per heavy atom. The van der Waals surface area contributed by atoms with Crippen LogP contribution in [0.1, 0.15) is 60.8 Å². The second-order valence-corrected chi connectivity index (χ2v) is 6.53. The molecule has 0 saturated carbocycles. The molecule has 0 N–H and O–H groups in total. The van der Waals surface area contributed by atoms with E-state index in [-0.39, 0.29) is 0 Å². The average Bonchev–Trinajstić information content (AvgIpc) is 2.37. The summed E-state index contributed by atoms with van der Waals surface area (Å²) in [5.74, 6) is 0. The van der Waals surface area contributed by atoms with Crippen LogP contribution in [-0.2, 0) is 0 Å². The quantitative estimate of drug-likeness (QED) is 0.509. The first-order valence-corrected chi connectivity index (χ1v) is 7.77. The third-order valence-corrected chi connectivity index (χ3v) is 4.18. The molecule has 1 rings (SSSR count). The van der Waals surface area contributed by atoms with Gasteiger partial charge in [0.2, 0.25) is 0 Å². The number of hydrogen-bond donors (Lipinski definition) is 0. The Morgan fingerprint density at radius 2 is 1.95 bits per heavy atom. The minimum absolute atomic E-state index is 0.304. The van der Waals surface area contributed by atoms with E-state index in [4.69, 9.17) is 0 Å². The molecule has 0 atom stereocenters. The maximum absolute atomic E-state index is 2.36. The molecule has 1 aliphatic rings. The lowest BCUT2D eigenvalue weighted by atomic mass is 9.73. The van der Waals surface area contributed by atoms with Crippen molar-refractivity contribution in [3.8, 4) is 0 Å². The zero-order chi connectivity index (χ0) is 15.2. The molecule has 0 unspecified atom stereocenters. The lowest BCUT2D eigenvalue weighted by molar-refractivity contribution is 0.404. The van der Waals surface area contributed by atoms with Gasteiger partial charge in [-0.3, -0.25) is 0 Å². The smallest absolute Gasteiger partial charge is 0.00981 e. The summed E-state index contributed by atoms with van der Waals surface area (Å²) < 4.78 is 0. The Bertz CT molecular complexity index is 476. The summed E-state index contributed by atoms with van der Waals surface area (Å²) in [4.78, 5) is 0. The van der Waals surface area contributed by atoms with Crippen LogP contribution in [0.4, 0.5) is 0 Å². The average molecular weight is 270 g/mol. The van der Waals surface area contributed by atoms with Gasteiger partial charge < -0.3 is 0 Å². The minimum atomic E-state index is 0.304. The van der Waals surface area contributed by atoms with E-state index in [1.165, 1.54) is 35.1 Å². The number of allylic oxidation sites excluding steroid dienone is 10. The zero-order valence-corrected chi connectivity index (χ0v) is 14.1. The van der Waals surface area contributed by atoms with Gasteiger partial charge in [0.05, 0.1) is 0 Å². The normalized spacial score (nSPS) is 22.5. The molecule has 1 aliphatic carbocycles. The summed E-state index contributed by atoms with van der Waals surface area (Å²) in [6.45, 7) is 13.5. The van der Waals surface area contributed by atoms with E-state index in [0.29, 0.717) is 5.41 Å². The standard InChI is InChI=1S/C20H30/c1-7-16(2)10-8-11-17(3)13-14-19-18(4)12-9-15-20(19,5)6/h8,10-14H,7,9,15H2,1-6H3/b11-8+,16-10+,17-13+,19-14+. The third kappa shape index (κ3) is 5.00. The fraction of sp³-hybridized carbons (Fsp3) is 0.500. The molecule has 0 bridgehead atoms. The molecule has 0 spiro atoms. The highest BCUT2D eigenvalue weighted by molar-refractivity contribution is 5.40. The Hall–Kier alpha value is -1.30. The van der Waals surface area contributed by atoms with Crippen molar-refractivity contribution in [1.29, 1.82) is 0 Å². The molecule has 0 nitrogen and oxygen atoms in total. The van der Waals surface area contributed by atoms with Crippen LogP contribution in [0.3, 0.4) is 0 Å². The maximum atomic E-state index is 2.36. The Balaban J connectivity index is 2.86. The first kappa shape index (κ1) is 16.8. The SMILES string of the molecule is CC/C(C)=C/C=C/C(C)=C/C=C1\C(C)=CCCC1(C)C.